The van der Waals surface area contributed by atoms with E-state index in [0.717, 1.165) is 126 Å². The first-order valence-corrected chi connectivity index (χ1v) is 18.5. The zero-order chi connectivity index (χ0) is 35.9. The van der Waals surface area contributed by atoms with Crippen LogP contribution in [0.15, 0.2) is 159 Å². The fourth-order valence-electron chi connectivity index (χ4n) is 9.06. The molecule has 6 nitrogen and oxygen atoms in total. The van der Waals surface area contributed by atoms with Crippen molar-refractivity contribution in [1.29, 1.82) is 0 Å². The van der Waals surface area contributed by atoms with Gasteiger partial charge in [0.2, 0.25) is 5.71 Å². The van der Waals surface area contributed by atoms with E-state index in [4.69, 9.17) is 23.2 Å². The van der Waals surface area contributed by atoms with E-state index in [1.165, 1.54) is 0 Å². The highest BCUT2D eigenvalue weighted by atomic mass is 16.3. The number of furan rings is 3. The SMILES string of the molecule is Cc1nc2oc3ccccc3c2nc1-n1c2ccccc2c2c3cc(-c4ccc5oc6ccccc6c5c4)ccc3c3c4ccc5ccccc5c4oc3c21. The van der Waals surface area contributed by atoms with Crippen molar-refractivity contribution in [3.8, 4) is 16.9 Å². The Labute approximate surface area is 311 Å². The average Bonchev–Trinajstić information content (AvgIpc) is 3.99. The van der Waals surface area contributed by atoms with Gasteiger partial charge in [-0.2, -0.15) is 0 Å². The predicted molar refractivity (Wildman–Crippen MR) is 223 cm³/mol. The summed E-state index contributed by atoms with van der Waals surface area (Å²) in [6, 6.07) is 51.0. The van der Waals surface area contributed by atoms with Crippen LogP contribution in [-0.2, 0) is 0 Å². The second-order valence-electron chi connectivity index (χ2n) is 14.5. The number of rotatable bonds is 2. The molecule has 0 atom stereocenters. The average molecular weight is 706 g/mol. The molecule has 6 heteroatoms. The van der Waals surface area contributed by atoms with E-state index in [1.54, 1.807) is 0 Å². The summed E-state index contributed by atoms with van der Waals surface area (Å²) in [5.41, 5.74) is 10.5. The smallest absolute Gasteiger partial charge is 0.246 e. The Balaban J connectivity index is 1.21. The number of nitrogens with zero attached hydrogens (tertiary/aromatic N) is 3. The first-order chi connectivity index (χ1) is 27.2. The Hall–Kier alpha value is -7.44. The fourth-order valence-corrected chi connectivity index (χ4v) is 9.06. The van der Waals surface area contributed by atoms with Gasteiger partial charge in [-0.05, 0) is 82.7 Å². The van der Waals surface area contributed by atoms with Crippen molar-refractivity contribution in [3.05, 3.63) is 151 Å². The topological polar surface area (TPSA) is 70.1 Å². The molecule has 13 aromatic rings. The van der Waals surface area contributed by atoms with Crippen molar-refractivity contribution >= 4 is 109 Å². The molecule has 0 saturated carbocycles. The molecule has 0 aliphatic heterocycles. The quantitative estimate of drug-likeness (QED) is 0.179. The van der Waals surface area contributed by atoms with Crippen molar-refractivity contribution in [3.63, 3.8) is 0 Å². The zero-order valence-electron chi connectivity index (χ0n) is 29.4. The molecule has 0 N–H and O–H groups in total. The van der Waals surface area contributed by atoms with Crippen LogP contribution in [0, 0.1) is 6.92 Å². The molecule has 0 bridgehead atoms. The predicted octanol–water partition coefficient (Wildman–Crippen LogP) is 13.6. The molecule has 5 aromatic heterocycles. The lowest BCUT2D eigenvalue weighted by Gasteiger charge is -2.11. The summed E-state index contributed by atoms with van der Waals surface area (Å²) in [5.74, 6) is 0.740. The Morgan fingerprint density at radius 2 is 1.13 bits per heavy atom. The first-order valence-electron chi connectivity index (χ1n) is 18.5. The van der Waals surface area contributed by atoms with Crippen LogP contribution < -0.4 is 0 Å². The van der Waals surface area contributed by atoms with Gasteiger partial charge < -0.3 is 13.3 Å². The maximum atomic E-state index is 7.16. The minimum Gasteiger partial charge on any atom is -0.456 e. The molecule has 55 heavy (non-hydrogen) atoms. The van der Waals surface area contributed by atoms with E-state index in [1.807, 2.05) is 43.3 Å². The highest BCUT2D eigenvalue weighted by molar-refractivity contribution is 6.36. The number of aromatic nitrogens is 3. The highest BCUT2D eigenvalue weighted by Gasteiger charge is 2.26. The Morgan fingerprint density at radius 3 is 2.00 bits per heavy atom. The summed E-state index contributed by atoms with van der Waals surface area (Å²) in [6.45, 7) is 2.01. The summed E-state index contributed by atoms with van der Waals surface area (Å²) in [5, 5.41) is 12.0. The number of para-hydroxylation sites is 3. The number of aryl methyl sites for hydroxylation is 1. The summed E-state index contributed by atoms with van der Waals surface area (Å²) in [6.07, 6.45) is 0. The number of benzene rings is 8. The molecule has 0 amide bonds. The zero-order valence-corrected chi connectivity index (χ0v) is 29.4. The number of hydrogen-bond donors (Lipinski definition) is 0. The second kappa shape index (κ2) is 10.4. The van der Waals surface area contributed by atoms with Gasteiger partial charge in [0, 0.05) is 43.1 Å². The molecule has 0 fully saturated rings. The normalized spacial score (nSPS) is 12.5. The lowest BCUT2D eigenvalue weighted by Crippen LogP contribution is -2.03. The molecular weight excluding hydrogens is 679 g/mol. The van der Waals surface area contributed by atoms with Gasteiger partial charge in [-0.25, -0.2) is 9.97 Å². The van der Waals surface area contributed by atoms with Crippen LogP contribution in [0.25, 0.3) is 126 Å². The Kier molecular flexibility index (Phi) is 5.48. The van der Waals surface area contributed by atoms with Gasteiger partial charge in [0.05, 0.1) is 16.7 Å². The van der Waals surface area contributed by atoms with Crippen LogP contribution in [0.2, 0.25) is 0 Å². The molecule has 0 unspecified atom stereocenters. The van der Waals surface area contributed by atoms with Crippen LogP contribution >= 0.6 is 0 Å². The molecule has 0 aliphatic rings. The third kappa shape index (κ3) is 3.82. The molecule has 0 radical (unpaired) electrons. The summed E-state index contributed by atoms with van der Waals surface area (Å²) in [7, 11) is 0. The minimum absolute atomic E-state index is 0.529. The van der Waals surface area contributed by atoms with E-state index >= 15 is 0 Å². The third-order valence-electron chi connectivity index (χ3n) is 11.5. The monoisotopic (exact) mass is 705 g/mol. The van der Waals surface area contributed by atoms with Crippen LogP contribution in [0.3, 0.4) is 0 Å². The van der Waals surface area contributed by atoms with Crippen molar-refractivity contribution in [2.45, 2.75) is 6.92 Å². The van der Waals surface area contributed by atoms with E-state index in [-0.39, 0.29) is 0 Å². The molecule has 13 rings (SSSR count). The van der Waals surface area contributed by atoms with Crippen molar-refractivity contribution in [2.75, 3.05) is 0 Å². The molecule has 0 spiro atoms. The van der Waals surface area contributed by atoms with E-state index in [9.17, 15) is 0 Å². The maximum absolute atomic E-state index is 7.16. The molecule has 8 aromatic carbocycles. The van der Waals surface area contributed by atoms with Crippen molar-refractivity contribution in [2.24, 2.45) is 0 Å². The molecule has 0 aliphatic carbocycles. The standard InChI is InChI=1S/C49H27N3O3/c1-26-48(51-44-34-14-6-9-17-40(34)54-49(44)50-26)52-38-15-7-4-13-33(38)42-37-25-28(29-20-23-41-36(24-29)31-12-5-8-16-39(31)53-41)19-21-32(37)43-35-22-18-27-10-2-3-11-30(27)46(35)55-47(43)45(42)52/h2-25H,1H3. The van der Waals surface area contributed by atoms with Gasteiger partial charge in [0.1, 0.15) is 27.8 Å². The minimum atomic E-state index is 0.529. The lowest BCUT2D eigenvalue weighted by molar-refractivity contribution is 0.650. The van der Waals surface area contributed by atoms with Crippen LogP contribution in [0.4, 0.5) is 0 Å². The van der Waals surface area contributed by atoms with Gasteiger partial charge in [-0.3, -0.25) is 4.57 Å². The molecule has 256 valence electrons. The van der Waals surface area contributed by atoms with Crippen LogP contribution in [0.5, 0.6) is 0 Å². The van der Waals surface area contributed by atoms with Gasteiger partial charge >= 0.3 is 0 Å². The maximum Gasteiger partial charge on any atom is 0.246 e. The summed E-state index contributed by atoms with van der Waals surface area (Å²) >= 11 is 0. The number of fused-ring (bicyclic) bond motifs is 18. The van der Waals surface area contributed by atoms with Crippen LogP contribution in [-0.4, -0.2) is 14.5 Å². The molecule has 5 heterocycles. The van der Waals surface area contributed by atoms with E-state index < -0.39 is 0 Å². The van der Waals surface area contributed by atoms with Gasteiger partial charge in [-0.15, -0.1) is 0 Å². The molecular formula is C49H27N3O3. The van der Waals surface area contributed by atoms with E-state index in [2.05, 4.69) is 114 Å². The summed E-state index contributed by atoms with van der Waals surface area (Å²) in [4.78, 5) is 10.4. The Bertz CT molecular complexity index is 3800. The lowest BCUT2D eigenvalue weighted by atomic mass is 9.94. The Morgan fingerprint density at radius 1 is 0.455 bits per heavy atom. The van der Waals surface area contributed by atoms with Gasteiger partial charge in [0.15, 0.2) is 11.4 Å². The van der Waals surface area contributed by atoms with E-state index in [0.29, 0.717) is 5.71 Å². The van der Waals surface area contributed by atoms with Crippen LogP contribution in [0.1, 0.15) is 5.69 Å². The highest BCUT2D eigenvalue weighted by Crippen LogP contribution is 2.48. The fraction of sp³-hybridized carbons (Fsp3) is 0.0204. The largest absolute Gasteiger partial charge is 0.456 e. The van der Waals surface area contributed by atoms with Crippen molar-refractivity contribution < 1.29 is 13.3 Å². The second-order valence-corrected chi connectivity index (χ2v) is 14.5. The molecule has 0 saturated heterocycles. The van der Waals surface area contributed by atoms with Crippen molar-refractivity contribution in [1.82, 2.24) is 14.5 Å². The first kappa shape index (κ1) is 29.1. The number of hydrogen-bond acceptors (Lipinski definition) is 5. The third-order valence-corrected chi connectivity index (χ3v) is 11.5. The summed E-state index contributed by atoms with van der Waals surface area (Å²) < 4.78 is 21.8. The van der Waals surface area contributed by atoms with Gasteiger partial charge in [0.25, 0.3) is 0 Å². The van der Waals surface area contributed by atoms with Gasteiger partial charge in [-0.1, -0.05) is 97.1 Å².